The summed E-state index contributed by atoms with van der Waals surface area (Å²) in [5.74, 6) is -1.40. The van der Waals surface area contributed by atoms with Crippen LogP contribution in [0.15, 0.2) is 54.6 Å². The molecular formula is C22H26N2O3. The molecule has 2 aromatic carbocycles. The maximum Gasteiger partial charge on any atom is 0.293 e. The Morgan fingerprint density at radius 2 is 1.70 bits per heavy atom. The third kappa shape index (κ3) is 3.27. The quantitative estimate of drug-likeness (QED) is 0.812. The molecule has 1 amide bonds. The lowest BCUT2D eigenvalue weighted by Gasteiger charge is -2.34. The van der Waals surface area contributed by atoms with E-state index in [0.717, 1.165) is 24.2 Å². The Labute approximate surface area is 160 Å². The molecule has 2 aliphatic heterocycles. The fourth-order valence-electron chi connectivity index (χ4n) is 3.74. The van der Waals surface area contributed by atoms with Gasteiger partial charge < -0.3 is 9.47 Å². The van der Waals surface area contributed by atoms with Crippen LogP contribution < -0.4 is 4.90 Å². The Morgan fingerprint density at radius 1 is 1.04 bits per heavy atom. The van der Waals surface area contributed by atoms with E-state index in [0.29, 0.717) is 19.9 Å². The number of ether oxygens (including phenoxy) is 2. The van der Waals surface area contributed by atoms with Crippen molar-refractivity contribution in [2.24, 2.45) is 0 Å². The largest absolute Gasteiger partial charge is 0.338 e. The first kappa shape index (κ1) is 18.2. The second-order valence-corrected chi connectivity index (χ2v) is 7.39. The number of anilines is 1. The van der Waals surface area contributed by atoms with Crippen molar-refractivity contribution in [1.82, 2.24) is 4.90 Å². The number of amides is 1. The van der Waals surface area contributed by atoms with E-state index in [2.05, 4.69) is 30.9 Å². The van der Waals surface area contributed by atoms with Crippen LogP contribution in [0.25, 0.3) is 0 Å². The van der Waals surface area contributed by atoms with E-state index in [4.69, 9.17) is 9.47 Å². The summed E-state index contributed by atoms with van der Waals surface area (Å²) in [6, 6.07) is 18.4. The summed E-state index contributed by atoms with van der Waals surface area (Å²) >= 11 is 0. The summed E-state index contributed by atoms with van der Waals surface area (Å²) in [6.07, 6.45) is 0.809. The van der Waals surface area contributed by atoms with Gasteiger partial charge in [0.25, 0.3) is 11.7 Å². The topological polar surface area (TPSA) is 42.0 Å². The van der Waals surface area contributed by atoms with Crippen LogP contribution in [-0.2, 0) is 26.6 Å². The molecular weight excluding hydrogens is 340 g/mol. The smallest absolute Gasteiger partial charge is 0.293 e. The molecule has 27 heavy (non-hydrogen) atoms. The number of hydrogen-bond acceptors (Lipinski definition) is 4. The molecule has 142 valence electrons. The van der Waals surface area contributed by atoms with Gasteiger partial charge in [-0.05, 0) is 31.9 Å². The molecule has 0 bridgehead atoms. The first-order chi connectivity index (χ1) is 13.1. The number of carbonyl (C=O) groups excluding carboxylic acids is 1. The van der Waals surface area contributed by atoms with Gasteiger partial charge in [0.1, 0.15) is 0 Å². The zero-order chi connectivity index (χ0) is 18.9. The van der Waals surface area contributed by atoms with Gasteiger partial charge >= 0.3 is 0 Å². The second kappa shape index (κ2) is 7.43. The van der Waals surface area contributed by atoms with E-state index in [1.807, 2.05) is 47.4 Å². The maximum atomic E-state index is 13.4. The Morgan fingerprint density at radius 3 is 2.41 bits per heavy atom. The van der Waals surface area contributed by atoms with Crippen molar-refractivity contribution in [3.8, 4) is 0 Å². The van der Waals surface area contributed by atoms with Crippen LogP contribution in [0.4, 0.5) is 5.69 Å². The minimum absolute atomic E-state index is 0.123. The van der Waals surface area contributed by atoms with Crippen molar-refractivity contribution in [3.05, 3.63) is 65.7 Å². The maximum absolute atomic E-state index is 13.4. The number of nitrogens with zero attached hydrogens (tertiary/aromatic N) is 2. The number of rotatable bonds is 5. The van der Waals surface area contributed by atoms with E-state index in [9.17, 15) is 4.79 Å². The highest BCUT2D eigenvalue weighted by Crippen LogP contribution is 2.45. The minimum atomic E-state index is -1.27. The number of fused-ring (bicyclic) bond motifs is 2. The van der Waals surface area contributed by atoms with Gasteiger partial charge in [0, 0.05) is 18.2 Å². The van der Waals surface area contributed by atoms with Gasteiger partial charge in [-0.3, -0.25) is 14.6 Å². The first-order valence-electron chi connectivity index (χ1n) is 9.59. The molecule has 0 saturated carbocycles. The van der Waals surface area contributed by atoms with Gasteiger partial charge in [0.15, 0.2) is 0 Å². The van der Waals surface area contributed by atoms with Gasteiger partial charge in [-0.2, -0.15) is 0 Å². The molecule has 0 aromatic heterocycles. The molecule has 2 heterocycles. The zero-order valence-electron chi connectivity index (χ0n) is 15.9. The van der Waals surface area contributed by atoms with E-state index in [-0.39, 0.29) is 11.9 Å². The number of hydrogen-bond donors (Lipinski definition) is 0. The van der Waals surface area contributed by atoms with Crippen LogP contribution in [-0.4, -0.2) is 36.7 Å². The summed E-state index contributed by atoms with van der Waals surface area (Å²) in [5, 5.41) is 0. The molecule has 5 nitrogen and oxygen atoms in total. The average Bonchev–Trinajstić information content (AvgIpc) is 2.92. The second-order valence-electron chi connectivity index (χ2n) is 7.39. The first-order valence-corrected chi connectivity index (χ1v) is 9.59. The monoisotopic (exact) mass is 366 g/mol. The minimum Gasteiger partial charge on any atom is -0.338 e. The summed E-state index contributed by atoms with van der Waals surface area (Å²) in [4.78, 5) is 17.5. The van der Waals surface area contributed by atoms with Crippen LogP contribution in [0.5, 0.6) is 0 Å². The Kier molecular flexibility index (Phi) is 5.00. The summed E-state index contributed by atoms with van der Waals surface area (Å²) in [7, 11) is 0. The van der Waals surface area contributed by atoms with E-state index >= 15 is 0 Å². The fourth-order valence-corrected chi connectivity index (χ4v) is 3.74. The molecule has 0 aliphatic carbocycles. The van der Waals surface area contributed by atoms with Crippen molar-refractivity contribution >= 4 is 11.6 Å². The van der Waals surface area contributed by atoms with E-state index < -0.39 is 5.79 Å². The van der Waals surface area contributed by atoms with Crippen molar-refractivity contribution in [1.29, 1.82) is 0 Å². The lowest BCUT2D eigenvalue weighted by Crippen LogP contribution is -2.50. The molecule has 0 radical (unpaired) electrons. The molecule has 0 unspecified atom stereocenters. The molecule has 1 spiro atoms. The Balaban J connectivity index is 1.63. The predicted octanol–water partition coefficient (Wildman–Crippen LogP) is 3.49. The summed E-state index contributed by atoms with van der Waals surface area (Å²) in [6.45, 7) is 6.64. The molecule has 0 atom stereocenters. The molecule has 4 rings (SSSR count). The number of para-hydroxylation sites is 1. The Bertz CT molecular complexity index is 800. The number of benzene rings is 2. The highest BCUT2D eigenvalue weighted by atomic mass is 16.7. The molecule has 1 fully saturated rings. The van der Waals surface area contributed by atoms with Crippen molar-refractivity contribution in [2.75, 3.05) is 24.8 Å². The third-order valence-electron chi connectivity index (χ3n) is 5.26. The lowest BCUT2D eigenvalue weighted by atomic mass is 10.1. The summed E-state index contributed by atoms with van der Waals surface area (Å²) < 4.78 is 11.8. The van der Waals surface area contributed by atoms with Gasteiger partial charge in [0.05, 0.1) is 25.6 Å². The molecule has 2 aliphatic rings. The van der Waals surface area contributed by atoms with Crippen LogP contribution in [0.2, 0.25) is 0 Å². The Hall–Kier alpha value is -2.21. The predicted molar refractivity (Wildman–Crippen MR) is 104 cm³/mol. The van der Waals surface area contributed by atoms with Crippen molar-refractivity contribution in [3.63, 3.8) is 0 Å². The van der Waals surface area contributed by atoms with Crippen LogP contribution in [0, 0.1) is 0 Å². The van der Waals surface area contributed by atoms with Crippen LogP contribution in [0.1, 0.15) is 31.4 Å². The normalized spacial score (nSPS) is 18.5. The molecule has 5 heteroatoms. The molecule has 0 N–H and O–H groups in total. The standard InChI is InChI=1S/C22H26N2O3/c1-17(2)23(15-18-9-4-3-5-10-18)16-24-20-12-7-6-11-19(20)22(21(24)25)26-13-8-14-27-22/h3-7,9-12,17H,8,13-16H2,1-2H3. The van der Waals surface area contributed by atoms with Crippen LogP contribution >= 0.6 is 0 Å². The average molecular weight is 366 g/mol. The lowest BCUT2D eigenvalue weighted by molar-refractivity contribution is -0.257. The molecule has 1 saturated heterocycles. The van der Waals surface area contributed by atoms with Gasteiger partial charge in [-0.15, -0.1) is 0 Å². The van der Waals surface area contributed by atoms with Gasteiger partial charge in [-0.25, -0.2) is 0 Å². The van der Waals surface area contributed by atoms with Gasteiger partial charge in [-0.1, -0.05) is 48.5 Å². The highest BCUT2D eigenvalue weighted by Gasteiger charge is 2.55. The van der Waals surface area contributed by atoms with E-state index in [1.165, 1.54) is 5.56 Å². The van der Waals surface area contributed by atoms with Crippen LogP contribution in [0.3, 0.4) is 0 Å². The van der Waals surface area contributed by atoms with Crippen molar-refractivity contribution < 1.29 is 14.3 Å². The summed E-state index contributed by atoms with van der Waals surface area (Å²) in [5.41, 5.74) is 2.92. The third-order valence-corrected chi connectivity index (χ3v) is 5.26. The number of carbonyl (C=O) groups is 1. The highest BCUT2D eigenvalue weighted by molar-refractivity contribution is 6.06. The van der Waals surface area contributed by atoms with Gasteiger partial charge in [0.2, 0.25) is 0 Å². The van der Waals surface area contributed by atoms with E-state index in [1.54, 1.807) is 0 Å². The molecule has 2 aromatic rings. The SMILES string of the molecule is CC(C)N(Cc1ccccc1)CN1C(=O)C2(OCCCO2)c2ccccc21. The van der Waals surface area contributed by atoms with Crippen molar-refractivity contribution in [2.45, 2.75) is 38.6 Å². The zero-order valence-corrected chi connectivity index (χ0v) is 15.9. The fraction of sp³-hybridized carbons (Fsp3) is 0.409.